The number of nitrogen functional groups attached to an aromatic ring is 1. The van der Waals surface area contributed by atoms with Gasteiger partial charge in [-0.1, -0.05) is 18.2 Å². The molecule has 0 fully saturated rings. The summed E-state index contributed by atoms with van der Waals surface area (Å²) in [6.45, 7) is 1.43. The van der Waals surface area contributed by atoms with Crippen LogP contribution in [0.3, 0.4) is 0 Å². The molecule has 1 atom stereocenters. The molecule has 0 amide bonds. The summed E-state index contributed by atoms with van der Waals surface area (Å²) < 4.78 is 18.8. The Morgan fingerprint density at radius 3 is 3.20 bits per heavy atom. The highest BCUT2D eigenvalue weighted by Gasteiger charge is 2.21. The van der Waals surface area contributed by atoms with Crippen LogP contribution in [0, 0.1) is 0 Å². The van der Waals surface area contributed by atoms with Crippen LogP contribution < -0.4 is 15.8 Å². The SMILES string of the molecule is Nc1nc2c(ncn2CCOCP2OCc3ccccc3O2)c(=O)[nH]1. The predicted octanol–water partition coefficient (Wildman–Crippen LogP) is 1.60. The maximum absolute atomic E-state index is 11.7. The van der Waals surface area contributed by atoms with Crippen LogP contribution in [0.5, 0.6) is 5.75 Å². The Morgan fingerprint density at radius 1 is 1.40 bits per heavy atom. The van der Waals surface area contributed by atoms with Crippen molar-refractivity contribution in [2.24, 2.45) is 0 Å². The van der Waals surface area contributed by atoms with Crippen molar-refractivity contribution in [2.45, 2.75) is 13.2 Å². The molecule has 0 bridgehead atoms. The molecule has 0 aliphatic carbocycles. The van der Waals surface area contributed by atoms with Crippen LogP contribution in [-0.2, 0) is 22.4 Å². The van der Waals surface area contributed by atoms with E-state index in [2.05, 4.69) is 15.0 Å². The van der Waals surface area contributed by atoms with E-state index >= 15 is 0 Å². The van der Waals surface area contributed by atoms with Gasteiger partial charge in [-0.05, 0) is 6.07 Å². The Morgan fingerprint density at radius 2 is 2.28 bits per heavy atom. The third kappa shape index (κ3) is 3.34. The van der Waals surface area contributed by atoms with E-state index in [1.54, 1.807) is 10.9 Å². The van der Waals surface area contributed by atoms with E-state index in [-0.39, 0.29) is 17.0 Å². The van der Waals surface area contributed by atoms with Crippen LogP contribution in [0.1, 0.15) is 5.56 Å². The molecule has 0 radical (unpaired) electrons. The average Bonchev–Trinajstić information content (AvgIpc) is 3.02. The lowest BCUT2D eigenvalue weighted by Crippen LogP contribution is -2.13. The average molecular weight is 361 g/mol. The number of hydrogen-bond donors (Lipinski definition) is 2. The third-order valence-electron chi connectivity index (χ3n) is 3.70. The zero-order valence-corrected chi connectivity index (χ0v) is 14.1. The van der Waals surface area contributed by atoms with Crippen LogP contribution in [0.25, 0.3) is 11.2 Å². The summed E-state index contributed by atoms with van der Waals surface area (Å²) in [6, 6.07) is 7.80. The first-order valence-electron chi connectivity index (χ1n) is 7.65. The van der Waals surface area contributed by atoms with Gasteiger partial charge in [-0.3, -0.25) is 9.78 Å². The first-order valence-corrected chi connectivity index (χ1v) is 9.02. The van der Waals surface area contributed by atoms with Gasteiger partial charge in [-0.2, -0.15) is 4.98 Å². The number of nitrogens with zero attached hydrogens (tertiary/aromatic N) is 3. The van der Waals surface area contributed by atoms with Crippen molar-refractivity contribution in [3.8, 4) is 5.75 Å². The monoisotopic (exact) mass is 361 g/mol. The molecule has 1 aliphatic heterocycles. The number of aromatic amines is 1. The van der Waals surface area contributed by atoms with E-state index in [9.17, 15) is 4.79 Å². The highest BCUT2D eigenvalue weighted by Crippen LogP contribution is 2.45. The van der Waals surface area contributed by atoms with Crippen molar-refractivity contribution in [1.29, 1.82) is 0 Å². The molecule has 130 valence electrons. The minimum Gasteiger partial charge on any atom is -0.445 e. The van der Waals surface area contributed by atoms with Gasteiger partial charge in [-0.15, -0.1) is 0 Å². The first-order chi connectivity index (χ1) is 12.2. The number of aromatic nitrogens is 4. The van der Waals surface area contributed by atoms with Crippen molar-refractivity contribution in [2.75, 3.05) is 18.7 Å². The molecule has 1 unspecified atom stereocenters. The summed E-state index contributed by atoms with van der Waals surface area (Å²) in [5, 5.41) is 0. The number of imidazole rings is 1. The number of anilines is 1. The standard InChI is InChI=1S/C15H16N5O4P/c16-15-18-13-12(14(21)19-15)17-8-20(13)5-6-22-9-25-23-7-10-3-1-2-4-11(10)24-25/h1-4,8H,5-7,9H2,(H3,16,18,19,21). The summed E-state index contributed by atoms with van der Waals surface area (Å²) in [4.78, 5) is 22.3. The molecule has 0 spiro atoms. The Balaban J connectivity index is 1.33. The number of fused-ring (bicyclic) bond motifs is 2. The van der Waals surface area contributed by atoms with Gasteiger partial charge in [0, 0.05) is 12.1 Å². The van der Waals surface area contributed by atoms with Gasteiger partial charge < -0.3 is 24.1 Å². The van der Waals surface area contributed by atoms with Crippen LogP contribution >= 0.6 is 8.38 Å². The number of nitrogens with two attached hydrogens (primary N) is 1. The molecule has 0 saturated heterocycles. The number of ether oxygens (including phenoxy) is 1. The number of rotatable bonds is 5. The van der Waals surface area contributed by atoms with Crippen LogP contribution in [0.4, 0.5) is 5.95 Å². The summed E-state index contributed by atoms with van der Waals surface area (Å²) in [5.41, 5.74) is 6.96. The molecule has 2 aromatic heterocycles. The molecule has 1 aliphatic rings. The minimum atomic E-state index is -1.11. The van der Waals surface area contributed by atoms with Crippen molar-refractivity contribution in [3.63, 3.8) is 0 Å². The van der Waals surface area contributed by atoms with Gasteiger partial charge in [0.25, 0.3) is 13.9 Å². The second-order valence-electron chi connectivity index (χ2n) is 5.40. The topological polar surface area (TPSA) is 117 Å². The molecule has 9 nitrogen and oxygen atoms in total. The molecule has 3 aromatic rings. The van der Waals surface area contributed by atoms with Gasteiger partial charge in [0.2, 0.25) is 5.95 Å². The fourth-order valence-electron chi connectivity index (χ4n) is 2.49. The van der Waals surface area contributed by atoms with Crippen molar-refractivity contribution in [3.05, 3.63) is 46.5 Å². The highest BCUT2D eigenvalue weighted by molar-refractivity contribution is 7.47. The van der Waals surface area contributed by atoms with Gasteiger partial charge >= 0.3 is 0 Å². The molecular formula is C15H16N5O4P. The summed E-state index contributed by atoms with van der Waals surface area (Å²) in [7, 11) is -1.11. The lowest BCUT2D eigenvalue weighted by atomic mass is 10.2. The number of H-pyrrole nitrogens is 1. The lowest BCUT2D eigenvalue weighted by Gasteiger charge is -2.24. The zero-order chi connectivity index (χ0) is 17.2. The Hall–Kier alpha value is -2.48. The Kier molecular flexibility index (Phi) is 4.35. The first kappa shape index (κ1) is 16.0. The van der Waals surface area contributed by atoms with Crippen molar-refractivity contribution in [1.82, 2.24) is 19.5 Å². The van der Waals surface area contributed by atoms with Crippen molar-refractivity contribution >= 4 is 25.5 Å². The van der Waals surface area contributed by atoms with Crippen LogP contribution in [-0.4, -0.2) is 32.5 Å². The maximum atomic E-state index is 11.7. The Bertz CT molecular complexity index is 956. The molecule has 0 saturated carbocycles. The molecule has 1 aromatic carbocycles. The second-order valence-corrected chi connectivity index (χ2v) is 6.77. The molecule has 4 rings (SSSR count). The van der Waals surface area contributed by atoms with Gasteiger partial charge in [0.15, 0.2) is 11.2 Å². The fraction of sp³-hybridized carbons (Fsp3) is 0.267. The molecule has 3 heterocycles. The van der Waals surface area contributed by atoms with E-state index in [4.69, 9.17) is 19.5 Å². The van der Waals surface area contributed by atoms with E-state index in [0.717, 1.165) is 11.3 Å². The quantitative estimate of drug-likeness (QED) is 0.523. The molecule has 25 heavy (non-hydrogen) atoms. The highest BCUT2D eigenvalue weighted by atomic mass is 31.2. The number of hydrogen-bond acceptors (Lipinski definition) is 7. The fourth-order valence-corrected chi connectivity index (χ4v) is 3.63. The van der Waals surface area contributed by atoms with Gasteiger partial charge in [-0.25, -0.2) is 4.98 Å². The molecule has 3 N–H and O–H groups in total. The lowest BCUT2D eigenvalue weighted by molar-refractivity contribution is 0.148. The largest absolute Gasteiger partial charge is 0.445 e. The minimum absolute atomic E-state index is 0.0614. The van der Waals surface area contributed by atoms with E-state index < -0.39 is 8.38 Å². The van der Waals surface area contributed by atoms with E-state index in [0.29, 0.717) is 31.8 Å². The molecular weight excluding hydrogens is 345 g/mol. The van der Waals surface area contributed by atoms with Crippen LogP contribution in [0.15, 0.2) is 35.4 Å². The number of nitrogens with one attached hydrogen (secondary N) is 1. The maximum Gasteiger partial charge on any atom is 0.280 e. The van der Waals surface area contributed by atoms with E-state index in [1.807, 2.05) is 24.3 Å². The number of para-hydroxylation sites is 1. The van der Waals surface area contributed by atoms with Crippen LogP contribution in [0.2, 0.25) is 0 Å². The van der Waals surface area contributed by atoms with Gasteiger partial charge in [0.1, 0.15) is 12.1 Å². The third-order valence-corrected chi connectivity index (χ3v) is 4.91. The van der Waals surface area contributed by atoms with E-state index in [1.165, 1.54) is 0 Å². The summed E-state index contributed by atoms with van der Waals surface area (Å²) >= 11 is 0. The Labute approximate surface area is 143 Å². The van der Waals surface area contributed by atoms with Gasteiger partial charge in [0.05, 0.1) is 19.5 Å². The second kappa shape index (κ2) is 6.79. The zero-order valence-electron chi connectivity index (χ0n) is 13.2. The summed E-state index contributed by atoms with van der Waals surface area (Å²) in [5.74, 6) is 0.911. The predicted molar refractivity (Wildman–Crippen MR) is 92.2 cm³/mol. The number of benzene rings is 1. The molecule has 10 heteroatoms. The summed E-state index contributed by atoms with van der Waals surface area (Å²) in [6.07, 6.45) is 1.91. The smallest absolute Gasteiger partial charge is 0.280 e. The van der Waals surface area contributed by atoms with Crippen molar-refractivity contribution < 1.29 is 13.8 Å². The normalized spacial score (nSPS) is 16.6.